The van der Waals surface area contributed by atoms with Gasteiger partial charge in [-0.25, -0.2) is 0 Å². The molecule has 24 heavy (non-hydrogen) atoms. The van der Waals surface area contributed by atoms with E-state index in [4.69, 9.17) is 9.47 Å². The highest BCUT2D eigenvalue weighted by Crippen LogP contribution is 2.38. The fraction of sp³-hybridized carbons (Fsp3) is 0.143. The number of aryl methyl sites for hydroxylation is 1. The molecule has 0 aromatic heterocycles. The molecule has 0 saturated heterocycles. The van der Waals surface area contributed by atoms with Gasteiger partial charge in [-0.05, 0) is 35.7 Å². The maximum Gasteiger partial charge on any atom is 0.200 e. The highest BCUT2D eigenvalue weighted by molar-refractivity contribution is 5.52. The third-order valence-corrected chi connectivity index (χ3v) is 3.66. The van der Waals surface area contributed by atoms with Crippen LogP contribution in [0.25, 0.3) is 0 Å². The number of benzene rings is 3. The number of rotatable bonds is 6. The van der Waals surface area contributed by atoms with Crippen molar-refractivity contribution in [1.82, 2.24) is 0 Å². The number of phenolic OH excluding ortho intramolecular Hbond substituents is 1. The summed E-state index contributed by atoms with van der Waals surface area (Å²) in [6.45, 7) is 2.75. The number of hydrogen-bond acceptors (Lipinski definition) is 3. The monoisotopic (exact) mass is 320 g/mol. The summed E-state index contributed by atoms with van der Waals surface area (Å²) in [6, 6.07) is 23.3. The van der Waals surface area contributed by atoms with Gasteiger partial charge >= 0.3 is 0 Å². The Bertz CT molecular complexity index is 718. The van der Waals surface area contributed by atoms with Crippen LogP contribution in [-0.4, -0.2) is 5.11 Å². The van der Waals surface area contributed by atoms with Crippen molar-refractivity contribution in [3.05, 3.63) is 89.5 Å². The zero-order valence-electron chi connectivity index (χ0n) is 13.6. The zero-order chi connectivity index (χ0) is 16.8. The molecule has 0 atom stereocenters. The first kappa shape index (κ1) is 15.9. The summed E-state index contributed by atoms with van der Waals surface area (Å²) in [5.74, 6) is 0.899. The lowest BCUT2D eigenvalue weighted by Crippen LogP contribution is -1.99. The highest BCUT2D eigenvalue weighted by Gasteiger charge is 2.12. The third-order valence-electron chi connectivity index (χ3n) is 3.66. The van der Waals surface area contributed by atoms with E-state index in [0.717, 1.165) is 16.7 Å². The van der Waals surface area contributed by atoms with Crippen molar-refractivity contribution in [2.75, 3.05) is 0 Å². The second-order valence-electron chi connectivity index (χ2n) is 5.66. The van der Waals surface area contributed by atoms with Crippen LogP contribution in [0.4, 0.5) is 0 Å². The van der Waals surface area contributed by atoms with E-state index in [2.05, 4.69) is 0 Å². The van der Waals surface area contributed by atoms with Crippen molar-refractivity contribution in [3.8, 4) is 17.2 Å². The second kappa shape index (κ2) is 7.55. The first-order chi connectivity index (χ1) is 11.7. The average molecular weight is 320 g/mol. The van der Waals surface area contributed by atoms with Gasteiger partial charge in [-0.1, -0.05) is 60.7 Å². The van der Waals surface area contributed by atoms with E-state index in [-0.39, 0.29) is 5.75 Å². The number of ether oxygens (including phenoxy) is 2. The van der Waals surface area contributed by atoms with Gasteiger partial charge in [0.15, 0.2) is 11.5 Å². The Hall–Kier alpha value is -2.94. The molecule has 0 amide bonds. The molecule has 122 valence electrons. The van der Waals surface area contributed by atoms with E-state index < -0.39 is 0 Å². The summed E-state index contributed by atoms with van der Waals surface area (Å²) < 4.78 is 11.5. The quantitative estimate of drug-likeness (QED) is 0.705. The molecular weight excluding hydrogens is 300 g/mol. The maximum absolute atomic E-state index is 10.4. The Morgan fingerprint density at radius 1 is 0.708 bits per heavy atom. The summed E-state index contributed by atoms with van der Waals surface area (Å²) in [6.07, 6.45) is 0. The molecule has 1 N–H and O–H groups in total. The minimum atomic E-state index is 0.0347. The molecule has 0 fully saturated rings. The maximum atomic E-state index is 10.4. The topological polar surface area (TPSA) is 38.7 Å². The van der Waals surface area contributed by atoms with Crippen LogP contribution in [0, 0.1) is 6.92 Å². The Morgan fingerprint density at radius 2 is 1.12 bits per heavy atom. The molecule has 0 aliphatic heterocycles. The molecule has 0 unspecified atom stereocenters. The van der Waals surface area contributed by atoms with E-state index >= 15 is 0 Å². The third kappa shape index (κ3) is 4.07. The minimum Gasteiger partial charge on any atom is -0.502 e. The summed E-state index contributed by atoms with van der Waals surface area (Å²) >= 11 is 0. The van der Waals surface area contributed by atoms with Gasteiger partial charge in [-0.15, -0.1) is 0 Å². The van der Waals surface area contributed by atoms with Gasteiger partial charge in [0.25, 0.3) is 0 Å². The minimum absolute atomic E-state index is 0.0347. The molecule has 3 aromatic carbocycles. The van der Waals surface area contributed by atoms with Crippen molar-refractivity contribution in [1.29, 1.82) is 0 Å². The van der Waals surface area contributed by atoms with Gasteiger partial charge < -0.3 is 14.6 Å². The number of phenols is 1. The molecule has 0 radical (unpaired) electrons. The normalized spacial score (nSPS) is 10.4. The predicted octanol–water partition coefficient (Wildman–Crippen LogP) is 4.86. The molecule has 0 saturated carbocycles. The summed E-state index contributed by atoms with van der Waals surface area (Å²) in [4.78, 5) is 0. The Labute approximate surface area is 142 Å². The van der Waals surface area contributed by atoms with Crippen molar-refractivity contribution >= 4 is 0 Å². The van der Waals surface area contributed by atoms with Crippen LogP contribution in [0.15, 0.2) is 72.8 Å². The first-order valence-corrected chi connectivity index (χ1v) is 7.89. The lowest BCUT2D eigenvalue weighted by Gasteiger charge is -2.14. The van der Waals surface area contributed by atoms with Gasteiger partial charge in [0.1, 0.15) is 13.2 Å². The molecule has 3 nitrogen and oxygen atoms in total. The van der Waals surface area contributed by atoms with Crippen molar-refractivity contribution in [2.45, 2.75) is 20.1 Å². The summed E-state index contributed by atoms with van der Waals surface area (Å²) in [5.41, 5.74) is 3.06. The molecule has 0 heterocycles. The smallest absolute Gasteiger partial charge is 0.200 e. The molecule has 0 spiro atoms. The van der Waals surface area contributed by atoms with Gasteiger partial charge in [0.05, 0.1) is 0 Å². The van der Waals surface area contributed by atoms with Crippen LogP contribution >= 0.6 is 0 Å². The van der Waals surface area contributed by atoms with Crippen LogP contribution in [0.5, 0.6) is 17.2 Å². The summed E-state index contributed by atoms with van der Waals surface area (Å²) in [7, 11) is 0. The van der Waals surface area contributed by atoms with E-state index in [0.29, 0.717) is 24.7 Å². The molecule has 0 aliphatic carbocycles. The van der Waals surface area contributed by atoms with E-state index in [9.17, 15) is 5.11 Å². The van der Waals surface area contributed by atoms with E-state index in [1.807, 2.05) is 79.7 Å². The molecule has 3 aromatic rings. The van der Waals surface area contributed by atoms with E-state index in [1.54, 1.807) is 0 Å². The fourth-order valence-electron chi connectivity index (χ4n) is 2.40. The fourth-order valence-corrected chi connectivity index (χ4v) is 2.40. The van der Waals surface area contributed by atoms with Crippen LogP contribution in [-0.2, 0) is 13.2 Å². The lowest BCUT2D eigenvalue weighted by atomic mass is 10.2. The van der Waals surface area contributed by atoms with Crippen LogP contribution in [0.1, 0.15) is 16.7 Å². The van der Waals surface area contributed by atoms with Gasteiger partial charge in [0.2, 0.25) is 5.75 Å². The molecule has 3 heteroatoms. The van der Waals surface area contributed by atoms with Crippen molar-refractivity contribution < 1.29 is 14.6 Å². The number of aromatic hydroxyl groups is 1. The van der Waals surface area contributed by atoms with Gasteiger partial charge in [-0.2, -0.15) is 0 Å². The van der Waals surface area contributed by atoms with Crippen LogP contribution < -0.4 is 9.47 Å². The summed E-state index contributed by atoms with van der Waals surface area (Å²) in [5, 5.41) is 10.4. The zero-order valence-corrected chi connectivity index (χ0v) is 13.6. The van der Waals surface area contributed by atoms with Crippen molar-refractivity contribution in [3.63, 3.8) is 0 Å². The van der Waals surface area contributed by atoms with E-state index in [1.165, 1.54) is 0 Å². The van der Waals surface area contributed by atoms with Crippen LogP contribution in [0.2, 0.25) is 0 Å². The van der Waals surface area contributed by atoms with Gasteiger partial charge in [0, 0.05) is 0 Å². The SMILES string of the molecule is Cc1cc(OCc2ccccc2)c(O)c(OCc2ccccc2)c1. The lowest BCUT2D eigenvalue weighted by molar-refractivity contribution is 0.262. The number of hydrogen-bond donors (Lipinski definition) is 1. The van der Waals surface area contributed by atoms with Crippen molar-refractivity contribution in [2.24, 2.45) is 0 Å². The Morgan fingerprint density at radius 3 is 1.54 bits per heavy atom. The Balaban J connectivity index is 1.72. The average Bonchev–Trinajstić information content (AvgIpc) is 2.62. The standard InChI is InChI=1S/C21H20O3/c1-16-12-19(23-14-17-8-4-2-5-9-17)21(22)20(13-16)24-15-18-10-6-3-7-11-18/h2-13,22H,14-15H2,1H3. The Kier molecular flexibility index (Phi) is 5.02. The molecule has 0 bridgehead atoms. The van der Waals surface area contributed by atoms with Gasteiger partial charge in [-0.3, -0.25) is 0 Å². The molecule has 3 rings (SSSR count). The largest absolute Gasteiger partial charge is 0.502 e. The first-order valence-electron chi connectivity index (χ1n) is 7.89. The highest BCUT2D eigenvalue weighted by atomic mass is 16.5. The second-order valence-corrected chi connectivity index (χ2v) is 5.66. The molecule has 0 aliphatic rings. The predicted molar refractivity (Wildman–Crippen MR) is 94.4 cm³/mol. The molecular formula is C21H20O3. The van der Waals surface area contributed by atoms with Crippen LogP contribution in [0.3, 0.4) is 0 Å².